The number of ether oxygens (including phenoxy) is 2. The summed E-state index contributed by atoms with van der Waals surface area (Å²) in [6.45, 7) is 0. The molecular formula is C14H15Br2NO2S. The summed E-state index contributed by atoms with van der Waals surface area (Å²) in [5.74, 6) is 1.43. The third-order valence-electron chi connectivity index (χ3n) is 3.01. The van der Waals surface area contributed by atoms with E-state index in [1.807, 2.05) is 19.2 Å². The van der Waals surface area contributed by atoms with Gasteiger partial charge < -0.3 is 14.8 Å². The molecule has 0 aliphatic rings. The van der Waals surface area contributed by atoms with Crippen molar-refractivity contribution in [2.75, 3.05) is 21.3 Å². The fourth-order valence-electron chi connectivity index (χ4n) is 2.03. The van der Waals surface area contributed by atoms with E-state index in [-0.39, 0.29) is 6.04 Å². The highest BCUT2D eigenvalue weighted by atomic mass is 79.9. The summed E-state index contributed by atoms with van der Waals surface area (Å²) in [5.41, 5.74) is 1.10. The van der Waals surface area contributed by atoms with Crippen LogP contribution in [0.2, 0.25) is 0 Å². The lowest BCUT2D eigenvalue weighted by Gasteiger charge is -2.19. The lowest BCUT2D eigenvalue weighted by Crippen LogP contribution is -2.17. The second-order valence-electron chi connectivity index (χ2n) is 4.08. The molecule has 2 rings (SSSR count). The first kappa shape index (κ1) is 15.8. The van der Waals surface area contributed by atoms with E-state index in [2.05, 4.69) is 48.6 Å². The number of hydrogen-bond donors (Lipinski definition) is 1. The summed E-state index contributed by atoms with van der Waals surface area (Å²) in [6.07, 6.45) is 0. The predicted octanol–water partition coefficient (Wildman–Crippen LogP) is 4.60. The fraction of sp³-hybridized carbons (Fsp3) is 0.286. The zero-order valence-electron chi connectivity index (χ0n) is 11.4. The van der Waals surface area contributed by atoms with Crippen molar-refractivity contribution < 1.29 is 9.47 Å². The van der Waals surface area contributed by atoms with Crippen LogP contribution in [0.1, 0.15) is 16.5 Å². The van der Waals surface area contributed by atoms with Crippen LogP contribution >= 0.6 is 43.2 Å². The molecule has 108 valence electrons. The van der Waals surface area contributed by atoms with Crippen molar-refractivity contribution in [3.8, 4) is 11.5 Å². The molecular weight excluding hydrogens is 406 g/mol. The molecule has 0 radical (unpaired) electrons. The maximum atomic E-state index is 5.39. The molecule has 0 fully saturated rings. The minimum atomic E-state index is 0.0820. The van der Waals surface area contributed by atoms with Gasteiger partial charge in [-0.15, -0.1) is 11.3 Å². The average Bonchev–Trinajstić information content (AvgIpc) is 2.87. The van der Waals surface area contributed by atoms with E-state index in [0.717, 1.165) is 20.3 Å². The molecule has 0 spiro atoms. The van der Waals surface area contributed by atoms with E-state index in [1.165, 1.54) is 4.88 Å². The second kappa shape index (κ2) is 6.93. The van der Waals surface area contributed by atoms with Crippen molar-refractivity contribution in [1.29, 1.82) is 0 Å². The van der Waals surface area contributed by atoms with Crippen molar-refractivity contribution in [3.05, 3.63) is 43.0 Å². The Morgan fingerprint density at radius 2 is 1.75 bits per heavy atom. The third-order valence-corrected chi connectivity index (χ3v) is 5.63. The van der Waals surface area contributed by atoms with Crippen LogP contribution in [0.25, 0.3) is 0 Å². The van der Waals surface area contributed by atoms with Crippen molar-refractivity contribution in [1.82, 2.24) is 5.32 Å². The van der Waals surface area contributed by atoms with Crippen LogP contribution in [0.3, 0.4) is 0 Å². The molecule has 1 aromatic heterocycles. The monoisotopic (exact) mass is 419 g/mol. The largest absolute Gasteiger partial charge is 0.493 e. The average molecular weight is 421 g/mol. The quantitative estimate of drug-likeness (QED) is 0.766. The normalized spacial score (nSPS) is 12.2. The molecule has 3 nitrogen and oxygen atoms in total. The van der Waals surface area contributed by atoms with Gasteiger partial charge in [-0.2, -0.15) is 0 Å². The van der Waals surface area contributed by atoms with E-state index in [0.29, 0.717) is 5.75 Å². The standard InChI is InChI=1S/C14H15Br2NO2S/c1-17-13(14-9(15)4-5-20-14)8-6-11(18-2)12(19-3)7-10(8)16/h4-7,13,17H,1-3H3. The van der Waals surface area contributed by atoms with Gasteiger partial charge in [0, 0.05) is 13.8 Å². The van der Waals surface area contributed by atoms with Crippen LogP contribution in [0.5, 0.6) is 11.5 Å². The number of hydrogen-bond acceptors (Lipinski definition) is 4. The lowest BCUT2D eigenvalue weighted by molar-refractivity contribution is 0.354. The van der Waals surface area contributed by atoms with Crippen molar-refractivity contribution >= 4 is 43.2 Å². The van der Waals surface area contributed by atoms with Crippen molar-refractivity contribution in [3.63, 3.8) is 0 Å². The van der Waals surface area contributed by atoms with Gasteiger partial charge in [0.15, 0.2) is 11.5 Å². The number of methoxy groups -OCH3 is 2. The second-order valence-corrected chi connectivity index (χ2v) is 6.74. The molecule has 0 bridgehead atoms. The fourth-order valence-corrected chi connectivity index (χ4v) is 4.31. The Morgan fingerprint density at radius 3 is 2.25 bits per heavy atom. The van der Waals surface area contributed by atoms with Gasteiger partial charge in [-0.1, -0.05) is 15.9 Å². The highest BCUT2D eigenvalue weighted by Gasteiger charge is 2.21. The van der Waals surface area contributed by atoms with Crippen LogP contribution in [-0.2, 0) is 0 Å². The SMILES string of the molecule is CNC(c1cc(OC)c(OC)cc1Br)c1sccc1Br. The molecule has 1 aromatic carbocycles. The van der Waals surface area contributed by atoms with E-state index in [1.54, 1.807) is 25.6 Å². The van der Waals surface area contributed by atoms with Gasteiger partial charge in [0.25, 0.3) is 0 Å². The third kappa shape index (κ3) is 3.03. The van der Waals surface area contributed by atoms with Gasteiger partial charge in [-0.3, -0.25) is 0 Å². The number of halogens is 2. The van der Waals surface area contributed by atoms with Crippen LogP contribution in [0.4, 0.5) is 0 Å². The summed E-state index contributed by atoms with van der Waals surface area (Å²) in [7, 11) is 5.22. The molecule has 0 aliphatic carbocycles. The Hall–Kier alpha value is -0.560. The van der Waals surface area contributed by atoms with Gasteiger partial charge >= 0.3 is 0 Å². The summed E-state index contributed by atoms with van der Waals surface area (Å²) >= 11 is 8.92. The van der Waals surface area contributed by atoms with Gasteiger partial charge in [0.1, 0.15) is 0 Å². The highest BCUT2D eigenvalue weighted by molar-refractivity contribution is 9.10. The molecule has 0 saturated heterocycles. The summed E-state index contributed by atoms with van der Waals surface area (Å²) in [5, 5.41) is 5.41. The molecule has 0 saturated carbocycles. The minimum Gasteiger partial charge on any atom is -0.493 e. The van der Waals surface area contributed by atoms with Gasteiger partial charge in [-0.25, -0.2) is 0 Å². The molecule has 2 aromatic rings. The number of nitrogens with one attached hydrogen (secondary N) is 1. The molecule has 1 heterocycles. The zero-order valence-corrected chi connectivity index (χ0v) is 15.4. The Kier molecular flexibility index (Phi) is 5.49. The summed E-state index contributed by atoms with van der Waals surface area (Å²) < 4.78 is 12.8. The zero-order chi connectivity index (χ0) is 14.7. The minimum absolute atomic E-state index is 0.0820. The van der Waals surface area contributed by atoms with Gasteiger partial charge in [0.2, 0.25) is 0 Å². The smallest absolute Gasteiger partial charge is 0.161 e. The number of benzene rings is 1. The van der Waals surface area contributed by atoms with E-state index in [4.69, 9.17) is 9.47 Å². The maximum absolute atomic E-state index is 5.39. The van der Waals surface area contributed by atoms with E-state index >= 15 is 0 Å². The van der Waals surface area contributed by atoms with Gasteiger partial charge in [0.05, 0.1) is 20.3 Å². The molecule has 20 heavy (non-hydrogen) atoms. The van der Waals surface area contributed by atoms with Crippen molar-refractivity contribution in [2.24, 2.45) is 0 Å². The topological polar surface area (TPSA) is 30.5 Å². The highest BCUT2D eigenvalue weighted by Crippen LogP contribution is 2.40. The van der Waals surface area contributed by atoms with E-state index in [9.17, 15) is 0 Å². The Balaban J connectivity index is 2.52. The van der Waals surface area contributed by atoms with Crippen LogP contribution in [0.15, 0.2) is 32.5 Å². The predicted molar refractivity (Wildman–Crippen MR) is 90.2 cm³/mol. The molecule has 6 heteroatoms. The van der Waals surface area contributed by atoms with E-state index < -0.39 is 0 Å². The Morgan fingerprint density at radius 1 is 1.10 bits per heavy atom. The van der Waals surface area contributed by atoms with Crippen LogP contribution in [-0.4, -0.2) is 21.3 Å². The molecule has 0 amide bonds. The summed E-state index contributed by atoms with van der Waals surface area (Å²) in [6, 6.07) is 6.06. The first-order valence-corrected chi connectivity index (χ1v) is 8.40. The van der Waals surface area contributed by atoms with Crippen LogP contribution in [0, 0.1) is 0 Å². The van der Waals surface area contributed by atoms with Crippen molar-refractivity contribution in [2.45, 2.75) is 6.04 Å². The Labute approximate surface area is 139 Å². The molecule has 1 N–H and O–H groups in total. The maximum Gasteiger partial charge on any atom is 0.161 e. The molecule has 1 atom stereocenters. The summed E-state index contributed by atoms with van der Waals surface area (Å²) in [4.78, 5) is 1.22. The van der Waals surface area contributed by atoms with Gasteiger partial charge in [-0.05, 0) is 52.1 Å². The first-order chi connectivity index (χ1) is 9.62. The first-order valence-electron chi connectivity index (χ1n) is 5.94. The molecule has 1 unspecified atom stereocenters. The number of thiophene rings is 1. The molecule has 0 aliphatic heterocycles. The number of rotatable bonds is 5. The Bertz CT molecular complexity index is 601. The van der Waals surface area contributed by atoms with Crippen LogP contribution < -0.4 is 14.8 Å². The lowest BCUT2D eigenvalue weighted by atomic mass is 10.0.